The highest BCUT2D eigenvalue weighted by molar-refractivity contribution is 5.84. The smallest absolute Gasteiger partial charge is 0.309 e. The van der Waals surface area contributed by atoms with Crippen molar-refractivity contribution in [1.29, 1.82) is 0 Å². The Kier molecular flexibility index (Phi) is 6.95. The van der Waals surface area contributed by atoms with Gasteiger partial charge in [-0.05, 0) is 66.6 Å². The van der Waals surface area contributed by atoms with Crippen LogP contribution in [0.5, 0.6) is 0 Å². The molecule has 0 saturated heterocycles. The van der Waals surface area contributed by atoms with E-state index >= 15 is 0 Å². The summed E-state index contributed by atoms with van der Waals surface area (Å²) in [7, 11) is 0. The van der Waals surface area contributed by atoms with Crippen LogP contribution >= 0.6 is 0 Å². The van der Waals surface area contributed by atoms with Crippen molar-refractivity contribution < 1.29 is 9.53 Å². The summed E-state index contributed by atoms with van der Waals surface area (Å²) in [4.78, 5) is 13.2. The van der Waals surface area contributed by atoms with E-state index in [2.05, 4.69) is 81.4 Å². The number of benzene rings is 2. The average molecular weight is 417 g/mol. The lowest BCUT2D eigenvalue weighted by molar-refractivity contribution is -0.160. The molecule has 0 amide bonds. The molecule has 4 rings (SSSR count). The molecule has 0 heterocycles. The topological polar surface area (TPSA) is 26.3 Å². The zero-order chi connectivity index (χ0) is 21.8. The minimum absolute atomic E-state index is 0.0116. The molecular weight excluding hydrogens is 380 g/mol. The molecule has 4 atom stereocenters. The Bertz CT molecular complexity index is 855. The monoisotopic (exact) mass is 416 g/mol. The van der Waals surface area contributed by atoms with Gasteiger partial charge in [-0.2, -0.15) is 0 Å². The van der Waals surface area contributed by atoms with Gasteiger partial charge >= 0.3 is 5.97 Å². The molecule has 2 saturated carbocycles. The number of rotatable bonds is 5. The van der Waals surface area contributed by atoms with Crippen molar-refractivity contribution in [2.24, 2.45) is 23.7 Å². The molecule has 164 valence electrons. The van der Waals surface area contributed by atoms with E-state index in [1.54, 1.807) is 0 Å². The van der Waals surface area contributed by atoms with Crippen LogP contribution in [0.1, 0.15) is 70.4 Å². The van der Waals surface area contributed by atoms with Crippen LogP contribution in [-0.4, -0.2) is 12.1 Å². The Morgan fingerprint density at radius 2 is 1.52 bits per heavy atom. The summed E-state index contributed by atoms with van der Waals surface area (Å²) in [5.74, 6) is 1.73. The number of carbonyl (C=O) groups excluding carboxylic acids is 1. The third kappa shape index (κ3) is 5.11. The zero-order valence-electron chi connectivity index (χ0n) is 19.2. The highest BCUT2D eigenvalue weighted by Crippen LogP contribution is 2.41. The van der Waals surface area contributed by atoms with E-state index in [1.807, 2.05) is 0 Å². The summed E-state index contributed by atoms with van der Waals surface area (Å²) < 4.78 is 6.20. The summed E-state index contributed by atoms with van der Waals surface area (Å²) >= 11 is 0. The molecule has 2 nitrogen and oxygen atoms in total. The van der Waals surface area contributed by atoms with Crippen LogP contribution in [0.4, 0.5) is 0 Å². The summed E-state index contributed by atoms with van der Waals surface area (Å²) in [6, 6.07) is 21.2. The van der Waals surface area contributed by atoms with Crippen molar-refractivity contribution >= 4 is 11.5 Å². The van der Waals surface area contributed by atoms with Crippen molar-refractivity contribution in [2.75, 3.05) is 0 Å². The molecule has 31 heavy (non-hydrogen) atoms. The standard InChI is InChI=1S/C29H36O2/c1-20(2)26-17-14-21(3)18-27(26)31-29(30)25-16-15-24(19-25)28(22-10-6-4-7-11-22)23-12-8-5-9-13-23/h4-13,20-21,25-27H,14-19H2,1-3H3. The molecule has 0 aromatic heterocycles. The van der Waals surface area contributed by atoms with Gasteiger partial charge in [-0.1, -0.05) is 93.4 Å². The molecule has 0 spiro atoms. The average Bonchev–Trinajstić information content (AvgIpc) is 3.25. The number of hydrogen-bond acceptors (Lipinski definition) is 2. The van der Waals surface area contributed by atoms with Gasteiger partial charge in [-0.3, -0.25) is 4.79 Å². The second-order valence-electron chi connectivity index (χ2n) is 9.95. The summed E-state index contributed by atoms with van der Waals surface area (Å²) in [6.07, 6.45) is 6.21. The minimum atomic E-state index is -0.0116. The van der Waals surface area contributed by atoms with E-state index < -0.39 is 0 Å². The number of esters is 1. The van der Waals surface area contributed by atoms with Crippen molar-refractivity contribution in [1.82, 2.24) is 0 Å². The molecule has 0 aliphatic heterocycles. The first kappa shape index (κ1) is 21.9. The molecule has 0 bridgehead atoms. The lowest BCUT2D eigenvalue weighted by atomic mass is 9.75. The van der Waals surface area contributed by atoms with E-state index in [0.29, 0.717) is 17.8 Å². The molecule has 0 radical (unpaired) electrons. The maximum Gasteiger partial charge on any atom is 0.309 e. The number of carbonyl (C=O) groups is 1. The van der Waals surface area contributed by atoms with Gasteiger partial charge < -0.3 is 4.74 Å². The Morgan fingerprint density at radius 1 is 0.903 bits per heavy atom. The van der Waals surface area contributed by atoms with Crippen LogP contribution in [0.2, 0.25) is 0 Å². The van der Waals surface area contributed by atoms with Gasteiger partial charge in [0.05, 0.1) is 5.92 Å². The normalized spacial score (nSPS) is 26.1. The van der Waals surface area contributed by atoms with Crippen LogP contribution in [-0.2, 0) is 9.53 Å². The first-order chi connectivity index (χ1) is 15.0. The molecule has 2 aliphatic carbocycles. The molecule has 2 aromatic carbocycles. The van der Waals surface area contributed by atoms with Crippen molar-refractivity contribution in [3.05, 3.63) is 77.4 Å². The van der Waals surface area contributed by atoms with Crippen LogP contribution in [0.15, 0.2) is 66.2 Å². The van der Waals surface area contributed by atoms with E-state index in [1.165, 1.54) is 35.1 Å². The minimum Gasteiger partial charge on any atom is -0.462 e. The lowest BCUT2D eigenvalue weighted by Crippen LogP contribution is -2.37. The third-order valence-electron chi connectivity index (χ3n) is 7.33. The van der Waals surface area contributed by atoms with Gasteiger partial charge in [0, 0.05) is 0 Å². The van der Waals surface area contributed by atoms with E-state index in [9.17, 15) is 4.79 Å². The first-order valence-corrected chi connectivity index (χ1v) is 12.1. The predicted octanol–water partition coefficient (Wildman–Crippen LogP) is 7.29. The molecule has 2 heteroatoms. The maximum absolute atomic E-state index is 13.2. The van der Waals surface area contributed by atoms with Gasteiger partial charge in [-0.25, -0.2) is 0 Å². The summed E-state index contributed by atoms with van der Waals surface area (Å²) in [6.45, 7) is 6.83. The lowest BCUT2D eigenvalue weighted by Gasteiger charge is -2.37. The molecule has 4 unspecified atom stereocenters. The maximum atomic E-state index is 13.2. The van der Waals surface area contributed by atoms with Gasteiger partial charge in [-0.15, -0.1) is 0 Å². The largest absolute Gasteiger partial charge is 0.462 e. The van der Waals surface area contributed by atoms with Crippen LogP contribution in [0, 0.1) is 23.7 Å². The highest BCUT2D eigenvalue weighted by atomic mass is 16.5. The van der Waals surface area contributed by atoms with E-state index in [4.69, 9.17) is 4.74 Å². The predicted molar refractivity (Wildman–Crippen MR) is 127 cm³/mol. The molecule has 0 N–H and O–H groups in total. The quantitative estimate of drug-likeness (QED) is 0.478. The number of allylic oxidation sites excluding steroid dienone is 1. The van der Waals surface area contributed by atoms with Crippen molar-refractivity contribution in [3.63, 3.8) is 0 Å². The fraction of sp³-hybridized carbons (Fsp3) is 0.483. The summed E-state index contributed by atoms with van der Waals surface area (Å²) in [5, 5.41) is 0. The van der Waals surface area contributed by atoms with Crippen molar-refractivity contribution in [3.8, 4) is 0 Å². The highest BCUT2D eigenvalue weighted by Gasteiger charge is 2.36. The van der Waals surface area contributed by atoms with Gasteiger partial charge in [0.1, 0.15) is 6.10 Å². The van der Waals surface area contributed by atoms with E-state index in [0.717, 1.165) is 25.7 Å². The molecular formula is C29H36O2. The fourth-order valence-corrected chi connectivity index (χ4v) is 5.56. The third-order valence-corrected chi connectivity index (χ3v) is 7.33. The Morgan fingerprint density at radius 3 is 2.10 bits per heavy atom. The van der Waals surface area contributed by atoms with E-state index in [-0.39, 0.29) is 18.0 Å². The SMILES string of the molecule is CC1CCC(C(C)C)C(OC(=O)C2CCC(=C(c3ccccc3)c3ccccc3)C2)C1. The zero-order valence-corrected chi connectivity index (χ0v) is 19.2. The first-order valence-electron chi connectivity index (χ1n) is 12.1. The molecule has 2 aliphatic rings. The fourth-order valence-electron chi connectivity index (χ4n) is 5.56. The second-order valence-corrected chi connectivity index (χ2v) is 9.95. The Balaban J connectivity index is 1.54. The molecule has 2 fully saturated rings. The van der Waals surface area contributed by atoms with Crippen molar-refractivity contribution in [2.45, 2.75) is 65.4 Å². The van der Waals surface area contributed by atoms with Gasteiger partial charge in [0.15, 0.2) is 0 Å². The summed E-state index contributed by atoms with van der Waals surface area (Å²) in [5.41, 5.74) is 5.15. The van der Waals surface area contributed by atoms with Gasteiger partial charge in [0.2, 0.25) is 0 Å². The molecule has 2 aromatic rings. The van der Waals surface area contributed by atoms with Crippen LogP contribution in [0.25, 0.3) is 5.57 Å². The van der Waals surface area contributed by atoms with Crippen LogP contribution in [0.3, 0.4) is 0 Å². The second kappa shape index (κ2) is 9.85. The Labute approximate surface area is 187 Å². The van der Waals surface area contributed by atoms with Gasteiger partial charge in [0.25, 0.3) is 0 Å². The Hall–Kier alpha value is -2.35. The number of ether oxygens (including phenoxy) is 1. The number of hydrogen-bond donors (Lipinski definition) is 0. The van der Waals surface area contributed by atoms with Crippen LogP contribution < -0.4 is 0 Å².